The molecule has 0 aliphatic carbocycles. The average Bonchev–Trinajstić information content (AvgIpc) is 2.40. The van der Waals surface area contributed by atoms with Crippen LogP contribution in [0.3, 0.4) is 0 Å². The fourth-order valence-corrected chi connectivity index (χ4v) is 2.00. The first-order valence-electron chi connectivity index (χ1n) is 6.83. The van der Waals surface area contributed by atoms with Gasteiger partial charge in [-0.3, -0.25) is 4.79 Å². The van der Waals surface area contributed by atoms with Gasteiger partial charge in [-0.1, -0.05) is 31.5 Å². The topological polar surface area (TPSA) is 50.4 Å². The van der Waals surface area contributed by atoms with E-state index in [0.717, 1.165) is 17.7 Å². The Hall–Kier alpha value is -1.26. The van der Waals surface area contributed by atoms with Crippen LogP contribution in [0.25, 0.3) is 0 Å². The molecule has 0 spiro atoms. The van der Waals surface area contributed by atoms with Crippen LogP contribution in [0, 0.1) is 5.92 Å². The number of carbonyl (C=O) groups is 1. The van der Waals surface area contributed by atoms with Crippen LogP contribution in [0.5, 0.6) is 5.75 Å². The molecule has 2 N–H and O–H groups in total. The van der Waals surface area contributed by atoms with Gasteiger partial charge in [0.2, 0.25) is 5.91 Å². The Kier molecular flexibility index (Phi) is 7.41. The van der Waals surface area contributed by atoms with Gasteiger partial charge >= 0.3 is 0 Å². The predicted molar refractivity (Wildman–Crippen MR) is 82.2 cm³/mol. The Morgan fingerprint density at radius 3 is 2.80 bits per heavy atom. The van der Waals surface area contributed by atoms with E-state index in [1.807, 2.05) is 18.2 Å². The molecule has 0 unspecified atom stereocenters. The van der Waals surface area contributed by atoms with E-state index in [1.165, 1.54) is 0 Å². The van der Waals surface area contributed by atoms with Gasteiger partial charge < -0.3 is 15.4 Å². The highest BCUT2D eigenvalue weighted by molar-refractivity contribution is 6.31. The molecule has 1 aromatic carbocycles. The summed E-state index contributed by atoms with van der Waals surface area (Å²) >= 11 is 6.12. The number of carbonyl (C=O) groups excluding carboxylic acids is 1. The van der Waals surface area contributed by atoms with E-state index in [4.69, 9.17) is 16.3 Å². The van der Waals surface area contributed by atoms with Crippen molar-refractivity contribution in [2.24, 2.45) is 5.92 Å². The van der Waals surface area contributed by atoms with E-state index in [1.54, 1.807) is 7.11 Å². The molecule has 0 fully saturated rings. The Bertz CT molecular complexity index is 436. The quantitative estimate of drug-likeness (QED) is 0.775. The molecule has 0 atom stereocenters. The summed E-state index contributed by atoms with van der Waals surface area (Å²) in [4.78, 5) is 11.6. The molecule has 1 aromatic rings. The Morgan fingerprint density at radius 2 is 2.15 bits per heavy atom. The number of hydrogen-bond acceptors (Lipinski definition) is 3. The monoisotopic (exact) mass is 298 g/mol. The molecule has 0 aromatic heterocycles. The summed E-state index contributed by atoms with van der Waals surface area (Å²) in [6.45, 7) is 5.75. The van der Waals surface area contributed by atoms with Crippen LogP contribution in [0.15, 0.2) is 18.2 Å². The molecule has 0 aliphatic heterocycles. The standard InChI is InChI=1S/C15H23ClN2O2/c1-11(2)7-8-18-15(19)10-17-9-12-13(16)5-4-6-14(12)20-3/h4-6,11,17H,7-10H2,1-3H3,(H,18,19). The maximum absolute atomic E-state index is 11.6. The summed E-state index contributed by atoms with van der Waals surface area (Å²) in [5, 5.41) is 6.59. The minimum absolute atomic E-state index is 0.00308. The van der Waals surface area contributed by atoms with Crippen molar-refractivity contribution < 1.29 is 9.53 Å². The first-order chi connectivity index (χ1) is 9.54. The molecule has 0 aliphatic rings. The second-order valence-corrected chi connectivity index (χ2v) is 5.46. The minimum Gasteiger partial charge on any atom is -0.496 e. The Labute approximate surface area is 125 Å². The molecule has 0 radical (unpaired) electrons. The second kappa shape index (κ2) is 8.82. The molecule has 0 heterocycles. The van der Waals surface area contributed by atoms with Crippen LogP contribution >= 0.6 is 11.6 Å². The smallest absolute Gasteiger partial charge is 0.233 e. The van der Waals surface area contributed by atoms with Crippen molar-refractivity contribution in [2.45, 2.75) is 26.8 Å². The van der Waals surface area contributed by atoms with Gasteiger partial charge in [0.1, 0.15) is 5.75 Å². The van der Waals surface area contributed by atoms with Crippen molar-refractivity contribution in [3.63, 3.8) is 0 Å². The highest BCUT2D eigenvalue weighted by atomic mass is 35.5. The lowest BCUT2D eigenvalue weighted by Crippen LogP contribution is -2.34. The first kappa shape index (κ1) is 16.8. The van der Waals surface area contributed by atoms with Crippen LogP contribution in [0.1, 0.15) is 25.8 Å². The first-order valence-corrected chi connectivity index (χ1v) is 7.21. The zero-order valence-corrected chi connectivity index (χ0v) is 13.1. The van der Waals surface area contributed by atoms with Crippen molar-refractivity contribution >= 4 is 17.5 Å². The summed E-state index contributed by atoms with van der Waals surface area (Å²) in [6, 6.07) is 5.50. The Morgan fingerprint density at radius 1 is 1.40 bits per heavy atom. The van der Waals surface area contributed by atoms with E-state index >= 15 is 0 Å². The van der Waals surface area contributed by atoms with Crippen LogP contribution in [0.4, 0.5) is 0 Å². The lowest BCUT2D eigenvalue weighted by Gasteiger charge is -2.11. The number of nitrogens with one attached hydrogen (secondary N) is 2. The number of rotatable bonds is 8. The summed E-state index contributed by atoms with van der Waals surface area (Å²) in [7, 11) is 1.60. The molecule has 0 saturated heterocycles. The third kappa shape index (κ3) is 5.80. The molecule has 0 bridgehead atoms. The minimum atomic E-state index is -0.00308. The normalized spacial score (nSPS) is 10.7. The predicted octanol–water partition coefficient (Wildman–Crippen LogP) is 2.60. The molecular weight excluding hydrogens is 276 g/mol. The number of ether oxygens (including phenoxy) is 1. The third-order valence-electron chi connectivity index (χ3n) is 2.93. The molecule has 1 amide bonds. The van der Waals surface area contributed by atoms with Gasteiger partial charge in [-0.15, -0.1) is 0 Å². The number of hydrogen-bond donors (Lipinski definition) is 2. The van der Waals surface area contributed by atoms with Crippen molar-refractivity contribution in [2.75, 3.05) is 20.2 Å². The van der Waals surface area contributed by atoms with Crippen LogP contribution in [-0.4, -0.2) is 26.1 Å². The third-order valence-corrected chi connectivity index (χ3v) is 3.28. The number of methoxy groups -OCH3 is 1. The van der Waals surface area contributed by atoms with Crippen molar-refractivity contribution in [1.29, 1.82) is 0 Å². The highest BCUT2D eigenvalue weighted by Crippen LogP contribution is 2.25. The van der Waals surface area contributed by atoms with E-state index in [0.29, 0.717) is 24.0 Å². The Balaban J connectivity index is 2.35. The maximum Gasteiger partial charge on any atom is 0.233 e. The van der Waals surface area contributed by atoms with Crippen LogP contribution in [0.2, 0.25) is 5.02 Å². The lowest BCUT2D eigenvalue weighted by atomic mass is 10.1. The van der Waals surface area contributed by atoms with Gasteiger partial charge in [0.15, 0.2) is 0 Å². The molecule has 20 heavy (non-hydrogen) atoms. The fraction of sp³-hybridized carbons (Fsp3) is 0.533. The SMILES string of the molecule is COc1cccc(Cl)c1CNCC(=O)NCCC(C)C. The summed E-state index contributed by atoms with van der Waals surface area (Å²) < 4.78 is 5.25. The second-order valence-electron chi connectivity index (χ2n) is 5.06. The summed E-state index contributed by atoms with van der Waals surface area (Å²) in [6.07, 6.45) is 0.990. The van der Waals surface area contributed by atoms with Crippen molar-refractivity contribution in [3.05, 3.63) is 28.8 Å². The highest BCUT2D eigenvalue weighted by Gasteiger charge is 2.08. The van der Waals surface area contributed by atoms with Crippen LogP contribution in [-0.2, 0) is 11.3 Å². The molecule has 1 rings (SSSR count). The fourth-order valence-electron chi connectivity index (χ4n) is 1.77. The molecule has 5 heteroatoms. The lowest BCUT2D eigenvalue weighted by molar-refractivity contribution is -0.120. The number of halogens is 1. The van der Waals surface area contributed by atoms with E-state index < -0.39 is 0 Å². The van der Waals surface area contributed by atoms with Gasteiger partial charge in [0.05, 0.1) is 13.7 Å². The van der Waals surface area contributed by atoms with E-state index in [-0.39, 0.29) is 12.5 Å². The zero-order valence-electron chi connectivity index (χ0n) is 12.3. The number of benzene rings is 1. The molecule has 0 saturated carbocycles. The summed E-state index contributed by atoms with van der Waals surface area (Å²) in [5.74, 6) is 1.32. The van der Waals surface area contributed by atoms with Gasteiger partial charge in [0.25, 0.3) is 0 Å². The average molecular weight is 299 g/mol. The molecular formula is C15H23ClN2O2. The summed E-state index contributed by atoms with van der Waals surface area (Å²) in [5.41, 5.74) is 0.867. The van der Waals surface area contributed by atoms with Gasteiger partial charge in [-0.25, -0.2) is 0 Å². The maximum atomic E-state index is 11.6. The van der Waals surface area contributed by atoms with Crippen molar-refractivity contribution in [3.8, 4) is 5.75 Å². The van der Waals surface area contributed by atoms with Gasteiger partial charge in [0, 0.05) is 23.7 Å². The number of amides is 1. The van der Waals surface area contributed by atoms with E-state index in [9.17, 15) is 4.79 Å². The van der Waals surface area contributed by atoms with Gasteiger partial charge in [-0.2, -0.15) is 0 Å². The molecule has 4 nitrogen and oxygen atoms in total. The largest absolute Gasteiger partial charge is 0.496 e. The van der Waals surface area contributed by atoms with Crippen molar-refractivity contribution in [1.82, 2.24) is 10.6 Å². The zero-order chi connectivity index (χ0) is 15.0. The van der Waals surface area contributed by atoms with E-state index in [2.05, 4.69) is 24.5 Å². The van der Waals surface area contributed by atoms with Crippen LogP contribution < -0.4 is 15.4 Å². The van der Waals surface area contributed by atoms with Gasteiger partial charge in [-0.05, 0) is 24.5 Å². The molecule has 112 valence electrons.